The number of halogens is 3. The van der Waals surface area contributed by atoms with Gasteiger partial charge in [-0.3, -0.25) is 9.78 Å². The minimum atomic E-state index is -4.44. The highest BCUT2D eigenvalue weighted by Gasteiger charge is 2.30. The van der Waals surface area contributed by atoms with Gasteiger partial charge in [0.15, 0.2) is 0 Å². The van der Waals surface area contributed by atoms with Crippen LogP contribution in [0.2, 0.25) is 0 Å². The Kier molecular flexibility index (Phi) is 5.75. The number of aromatic nitrogens is 1. The van der Waals surface area contributed by atoms with Crippen LogP contribution in [0.5, 0.6) is 0 Å². The van der Waals surface area contributed by atoms with Gasteiger partial charge >= 0.3 is 6.18 Å². The van der Waals surface area contributed by atoms with Crippen LogP contribution >= 0.6 is 0 Å². The number of carbonyl (C=O) groups excluding carboxylic acids is 1. The van der Waals surface area contributed by atoms with Gasteiger partial charge in [-0.05, 0) is 31.6 Å². The van der Waals surface area contributed by atoms with Crippen molar-refractivity contribution in [3.63, 3.8) is 0 Å². The van der Waals surface area contributed by atoms with E-state index in [0.29, 0.717) is 12.7 Å². The molecule has 0 aliphatic carbocycles. The van der Waals surface area contributed by atoms with Crippen LogP contribution in [-0.2, 0) is 6.18 Å². The average Bonchev–Trinajstić information content (AvgIpc) is 2.37. The predicted molar refractivity (Wildman–Crippen MR) is 64.7 cm³/mol. The van der Waals surface area contributed by atoms with Crippen molar-refractivity contribution in [1.29, 1.82) is 0 Å². The highest BCUT2D eigenvalue weighted by molar-refractivity contribution is 5.92. The lowest BCUT2D eigenvalue weighted by Gasteiger charge is -2.07. The van der Waals surface area contributed by atoms with Crippen LogP contribution in [0.1, 0.15) is 29.4 Å². The lowest BCUT2D eigenvalue weighted by atomic mass is 10.2. The average molecular weight is 275 g/mol. The number of hydrogen-bond donors (Lipinski definition) is 2. The molecule has 0 fully saturated rings. The summed E-state index contributed by atoms with van der Waals surface area (Å²) in [7, 11) is 0. The summed E-state index contributed by atoms with van der Waals surface area (Å²) < 4.78 is 36.9. The second-order valence-corrected chi connectivity index (χ2v) is 3.89. The molecular weight excluding hydrogens is 259 g/mol. The van der Waals surface area contributed by atoms with Crippen LogP contribution in [0.15, 0.2) is 18.3 Å². The Hall–Kier alpha value is -1.63. The van der Waals surface area contributed by atoms with Gasteiger partial charge in [0.05, 0.1) is 5.56 Å². The van der Waals surface area contributed by atoms with E-state index in [9.17, 15) is 18.0 Å². The molecule has 1 heterocycles. The zero-order valence-electron chi connectivity index (χ0n) is 10.5. The molecule has 0 unspecified atom stereocenters. The van der Waals surface area contributed by atoms with E-state index in [1.807, 2.05) is 6.92 Å². The fourth-order valence-corrected chi connectivity index (χ4v) is 1.38. The minimum Gasteiger partial charge on any atom is -0.351 e. The first kappa shape index (κ1) is 15.4. The molecule has 19 heavy (non-hydrogen) atoms. The molecule has 1 aromatic heterocycles. The van der Waals surface area contributed by atoms with Gasteiger partial charge in [-0.2, -0.15) is 13.2 Å². The van der Waals surface area contributed by atoms with Crippen molar-refractivity contribution in [3.05, 3.63) is 29.6 Å². The zero-order valence-corrected chi connectivity index (χ0v) is 10.5. The number of alkyl halides is 3. The topological polar surface area (TPSA) is 54.0 Å². The molecule has 0 radical (unpaired) electrons. The standard InChI is InChI=1S/C12H16F3N3O/c1-2-16-6-3-7-17-11(19)10-5-4-9(8-18-10)12(13,14)15/h4-5,8,16H,2-3,6-7H2,1H3,(H,17,19). The van der Waals surface area contributed by atoms with Crippen molar-refractivity contribution >= 4 is 5.91 Å². The smallest absolute Gasteiger partial charge is 0.351 e. The Morgan fingerprint density at radius 2 is 2.05 bits per heavy atom. The Morgan fingerprint density at radius 3 is 2.58 bits per heavy atom. The highest BCUT2D eigenvalue weighted by Crippen LogP contribution is 2.28. The van der Waals surface area contributed by atoms with Crippen molar-refractivity contribution in [1.82, 2.24) is 15.6 Å². The van der Waals surface area contributed by atoms with Crippen molar-refractivity contribution in [3.8, 4) is 0 Å². The van der Waals surface area contributed by atoms with Crippen molar-refractivity contribution < 1.29 is 18.0 Å². The molecule has 0 aliphatic rings. The highest BCUT2D eigenvalue weighted by atomic mass is 19.4. The Balaban J connectivity index is 2.45. The fourth-order valence-electron chi connectivity index (χ4n) is 1.38. The molecule has 0 saturated heterocycles. The van der Waals surface area contributed by atoms with Crippen LogP contribution in [0.25, 0.3) is 0 Å². The zero-order chi connectivity index (χ0) is 14.3. The van der Waals surface area contributed by atoms with E-state index >= 15 is 0 Å². The third-order valence-corrected chi connectivity index (χ3v) is 2.39. The lowest BCUT2D eigenvalue weighted by molar-refractivity contribution is -0.137. The summed E-state index contributed by atoms with van der Waals surface area (Å²) in [5, 5.41) is 5.69. The predicted octanol–water partition coefficient (Wildman–Crippen LogP) is 1.83. The van der Waals surface area contributed by atoms with Gasteiger partial charge in [0.2, 0.25) is 0 Å². The molecule has 7 heteroatoms. The first-order valence-corrected chi connectivity index (χ1v) is 5.97. The van der Waals surface area contributed by atoms with E-state index in [4.69, 9.17) is 0 Å². The van der Waals surface area contributed by atoms with E-state index in [2.05, 4.69) is 15.6 Å². The summed E-state index contributed by atoms with van der Waals surface area (Å²) >= 11 is 0. The van der Waals surface area contributed by atoms with E-state index < -0.39 is 17.6 Å². The SMILES string of the molecule is CCNCCCNC(=O)c1ccc(C(F)(F)F)cn1. The lowest BCUT2D eigenvalue weighted by Crippen LogP contribution is -2.28. The molecular formula is C12H16F3N3O. The Labute approximate surface area is 109 Å². The van der Waals surface area contributed by atoms with E-state index in [0.717, 1.165) is 31.6 Å². The molecule has 0 bridgehead atoms. The maximum absolute atomic E-state index is 12.3. The van der Waals surface area contributed by atoms with Crippen molar-refractivity contribution in [2.24, 2.45) is 0 Å². The monoisotopic (exact) mass is 275 g/mol. The molecule has 0 atom stereocenters. The summed E-state index contributed by atoms with van der Waals surface area (Å²) in [6.07, 6.45) is -3.03. The molecule has 4 nitrogen and oxygen atoms in total. The fraction of sp³-hybridized carbons (Fsp3) is 0.500. The molecule has 0 spiro atoms. The Morgan fingerprint density at radius 1 is 1.32 bits per heavy atom. The quantitative estimate of drug-likeness (QED) is 0.779. The summed E-state index contributed by atoms with van der Waals surface area (Å²) in [6.45, 7) is 4.06. The summed E-state index contributed by atoms with van der Waals surface area (Å²) in [5.41, 5.74) is -0.882. The van der Waals surface area contributed by atoms with Gasteiger partial charge in [-0.25, -0.2) is 0 Å². The van der Waals surface area contributed by atoms with Gasteiger partial charge < -0.3 is 10.6 Å². The normalized spacial score (nSPS) is 11.4. The minimum absolute atomic E-state index is 0.0172. The molecule has 0 aliphatic heterocycles. The molecule has 1 aromatic rings. The van der Waals surface area contributed by atoms with Crippen LogP contribution < -0.4 is 10.6 Å². The number of hydrogen-bond acceptors (Lipinski definition) is 3. The maximum atomic E-state index is 12.3. The third-order valence-electron chi connectivity index (χ3n) is 2.39. The molecule has 1 amide bonds. The largest absolute Gasteiger partial charge is 0.417 e. The summed E-state index contributed by atoms with van der Waals surface area (Å²) in [4.78, 5) is 15.1. The van der Waals surface area contributed by atoms with Crippen LogP contribution in [0, 0.1) is 0 Å². The van der Waals surface area contributed by atoms with Gasteiger partial charge in [-0.15, -0.1) is 0 Å². The van der Waals surface area contributed by atoms with Crippen LogP contribution in [-0.4, -0.2) is 30.5 Å². The van der Waals surface area contributed by atoms with Crippen molar-refractivity contribution in [2.75, 3.05) is 19.6 Å². The number of carbonyl (C=O) groups is 1. The van der Waals surface area contributed by atoms with Gasteiger partial charge in [-0.1, -0.05) is 6.92 Å². The van der Waals surface area contributed by atoms with E-state index in [-0.39, 0.29) is 5.69 Å². The third kappa shape index (κ3) is 5.25. The van der Waals surface area contributed by atoms with E-state index in [1.54, 1.807) is 0 Å². The van der Waals surface area contributed by atoms with Gasteiger partial charge in [0, 0.05) is 12.7 Å². The van der Waals surface area contributed by atoms with E-state index in [1.165, 1.54) is 0 Å². The second-order valence-electron chi connectivity index (χ2n) is 3.89. The molecule has 0 aromatic carbocycles. The van der Waals surface area contributed by atoms with Crippen molar-refractivity contribution in [2.45, 2.75) is 19.5 Å². The first-order valence-electron chi connectivity index (χ1n) is 5.97. The Bertz CT molecular complexity index is 404. The number of amides is 1. The number of rotatable bonds is 6. The van der Waals surface area contributed by atoms with Crippen LogP contribution in [0.3, 0.4) is 0 Å². The molecule has 0 saturated carbocycles. The maximum Gasteiger partial charge on any atom is 0.417 e. The number of pyridine rings is 1. The summed E-state index contributed by atoms with van der Waals surface area (Å²) in [5.74, 6) is -0.467. The molecule has 106 valence electrons. The number of nitrogens with one attached hydrogen (secondary N) is 2. The van der Waals surface area contributed by atoms with Gasteiger partial charge in [0.1, 0.15) is 5.69 Å². The summed E-state index contributed by atoms with van der Waals surface area (Å²) in [6, 6.07) is 1.92. The molecule has 1 rings (SSSR count). The first-order chi connectivity index (χ1) is 8.95. The van der Waals surface area contributed by atoms with Gasteiger partial charge in [0.25, 0.3) is 5.91 Å². The second kappa shape index (κ2) is 7.08. The molecule has 2 N–H and O–H groups in total. The number of nitrogens with zero attached hydrogens (tertiary/aromatic N) is 1. The van der Waals surface area contributed by atoms with Crippen LogP contribution in [0.4, 0.5) is 13.2 Å².